The Morgan fingerprint density at radius 3 is 2.71 bits per heavy atom. The van der Waals surface area contributed by atoms with Gasteiger partial charge in [0.25, 0.3) is 5.69 Å². The summed E-state index contributed by atoms with van der Waals surface area (Å²) in [6.45, 7) is 3.33. The van der Waals surface area contributed by atoms with Crippen LogP contribution in [0.3, 0.4) is 0 Å². The van der Waals surface area contributed by atoms with E-state index in [0.29, 0.717) is 5.75 Å². The molecule has 0 aromatic heterocycles. The summed E-state index contributed by atoms with van der Waals surface area (Å²) < 4.78 is 5.02. The molecule has 1 aliphatic rings. The molecule has 2 aromatic carbocycles. The predicted octanol–water partition coefficient (Wildman–Crippen LogP) is 3.12. The van der Waals surface area contributed by atoms with Gasteiger partial charge in [0.1, 0.15) is 11.4 Å². The molecule has 2 atom stereocenters. The molecule has 1 fully saturated rings. The maximum Gasteiger partial charge on any atom is 0.296 e. The summed E-state index contributed by atoms with van der Waals surface area (Å²) in [5.74, 6) is 0.0979. The summed E-state index contributed by atoms with van der Waals surface area (Å²) in [6.07, 6.45) is 0.926. The highest BCUT2D eigenvalue weighted by molar-refractivity contribution is 5.96. The van der Waals surface area contributed by atoms with Crippen LogP contribution >= 0.6 is 0 Å². The van der Waals surface area contributed by atoms with Crippen LogP contribution in [0, 0.1) is 10.1 Å². The third-order valence-corrected chi connectivity index (χ3v) is 4.95. The lowest BCUT2D eigenvalue weighted by Crippen LogP contribution is -2.41. The summed E-state index contributed by atoms with van der Waals surface area (Å²) in [5.41, 5.74) is 1.03. The number of hydrogen-bond acceptors (Lipinski definition) is 6. The van der Waals surface area contributed by atoms with Crippen molar-refractivity contribution in [1.82, 2.24) is 4.90 Å². The van der Waals surface area contributed by atoms with Crippen LogP contribution in [0.5, 0.6) is 5.75 Å². The zero-order chi connectivity index (χ0) is 20.1. The number of ether oxygens (including phenoxy) is 1. The summed E-state index contributed by atoms with van der Waals surface area (Å²) in [6, 6.07) is 14.2. The second-order valence-electron chi connectivity index (χ2n) is 6.80. The minimum Gasteiger partial charge on any atom is -0.496 e. The number of carbonyl (C=O) groups is 1. The van der Waals surface area contributed by atoms with Gasteiger partial charge in [-0.25, -0.2) is 0 Å². The van der Waals surface area contributed by atoms with E-state index in [1.54, 1.807) is 6.07 Å². The second kappa shape index (κ2) is 8.71. The van der Waals surface area contributed by atoms with E-state index in [2.05, 4.69) is 15.5 Å². The van der Waals surface area contributed by atoms with E-state index in [-0.39, 0.29) is 23.3 Å². The van der Waals surface area contributed by atoms with E-state index >= 15 is 0 Å². The van der Waals surface area contributed by atoms with Crippen LogP contribution in [-0.2, 0) is 4.79 Å². The molecule has 0 spiro atoms. The highest BCUT2D eigenvalue weighted by atomic mass is 16.6. The van der Waals surface area contributed by atoms with Crippen molar-refractivity contribution < 1.29 is 14.5 Å². The molecule has 1 amide bonds. The lowest BCUT2D eigenvalue weighted by Gasteiger charge is -2.23. The van der Waals surface area contributed by atoms with E-state index in [4.69, 9.17) is 4.74 Å². The zero-order valence-electron chi connectivity index (χ0n) is 15.9. The number of carbonyl (C=O) groups excluding carboxylic acids is 1. The van der Waals surface area contributed by atoms with Gasteiger partial charge in [-0.3, -0.25) is 19.8 Å². The van der Waals surface area contributed by atoms with Crippen molar-refractivity contribution in [1.29, 1.82) is 0 Å². The third-order valence-electron chi connectivity index (χ3n) is 4.95. The number of anilines is 2. The smallest absolute Gasteiger partial charge is 0.296 e. The quantitative estimate of drug-likeness (QED) is 0.562. The number of likely N-dealkylation sites (tertiary alicyclic amines) is 1. The molecule has 0 aliphatic carbocycles. The van der Waals surface area contributed by atoms with Crippen molar-refractivity contribution in [2.45, 2.75) is 25.4 Å². The van der Waals surface area contributed by atoms with Crippen molar-refractivity contribution in [3.63, 3.8) is 0 Å². The summed E-state index contributed by atoms with van der Waals surface area (Å²) in [5, 5.41) is 17.5. The fourth-order valence-electron chi connectivity index (χ4n) is 3.33. The number of nitro groups is 1. The van der Waals surface area contributed by atoms with Gasteiger partial charge >= 0.3 is 0 Å². The van der Waals surface area contributed by atoms with Gasteiger partial charge in [0.2, 0.25) is 5.91 Å². The Morgan fingerprint density at radius 2 is 2.04 bits per heavy atom. The van der Waals surface area contributed by atoms with Crippen molar-refractivity contribution in [2.75, 3.05) is 30.8 Å². The van der Waals surface area contributed by atoms with E-state index in [1.807, 2.05) is 37.3 Å². The normalized spacial score (nSPS) is 17.7. The molecule has 0 radical (unpaired) electrons. The number of rotatable bonds is 7. The lowest BCUT2D eigenvalue weighted by atomic mass is 10.2. The standard InChI is InChI=1S/C20H24N4O4/c1-14(23-11-10-16(13-23)21-15-6-4-3-5-7-15)20(25)22-18-9-8-17(28-2)12-19(18)24(26)27/h3-9,12,14,16,21H,10-11,13H2,1-2H3,(H,22,25). The molecule has 2 unspecified atom stereocenters. The molecule has 28 heavy (non-hydrogen) atoms. The number of hydrogen-bond donors (Lipinski definition) is 2. The Balaban J connectivity index is 1.61. The first-order valence-electron chi connectivity index (χ1n) is 9.17. The third kappa shape index (κ3) is 4.58. The van der Waals surface area contributed by atoms with Crippen LogP contribution in [0.1, 0.15) is 13.3 Å². The Bertz CT molecular complexity index is 843. The lowest BCUT2D eigenvalue weighted by molar-refractivity contribution is -0.384. The molecule has 2 aromatic rings. The molecular weight excluding hydrogens is 360 g/mol. The number of nitro benzene ring substituents is 1. The van der Waals surface area contributed by atoms with Gasteiger partial charge in [0.15, 0.2) is 0 Å². The van der Waals surface area contributed by atoms with Crippen molar-refractivity contribution in [3.05, 3.63) is 58.6 Å². The Hall–Kier alpha value is -3.13. The summed E-state index contributed by atoms with van der Waals surface area (Å²) in [7, 11) is 1.44. The fraction of sp³-hybridized carbons (Fsp3) is 0.350. The first kappa shape index (κ1) is 19.6. The average Bonchev–Trinajstić information content (AvgIpc) is 3.16. The van der Waals surface area contributed by atoms with Gasteiger partial charge in [-0.2, -0.15) is 0 Å². The fourth-order valence-corrected chi connectivity index (χ4v) is 3.33. The van der Waals surface area contributed by atoms with Gasteiger partial charge in [0.05, 0.1) is 24.1 Å². The van der Waals surface area contributed by atoms with E-state index in [0.717, 1.165) is 25.2 Å². The zero-order valence-corrected chi connectivity index (χ0v) is 15.9. The van der Waals surface area contributed by atoms with Crippen LogP contribution < -0.4 is 15.4 Å². The number of methoxy groups -OCH3 is 1. The highest BCUT2D eigenvalue weighted by Crippen LogP contribution is 2.29. The first-order chi connectivity index (χ1) is 13.5. The van der Waals surface area contributed by atoms with Crippen LogP contribution in [0.25, 0.3) is 0 Å². The molecule has 1 heterocycles. The number of para-hydroxylation sites is 1. The van der Waals surface area contributed by atoms with Gasteiger partial charge in [-0.1, -0.05) is 18.2 Å². The van der Waals surface area contributed by atoms with E-state index < -0.39 is 11.0 Å². The van der Waals surface area contributed by atoms with E-state index in [1.165, 1.54) is 19.2 Å². The summed E-state index contributed by atoms with van der Waals surface area (Å²) in [4.78, 5) is 25.5. The maximum atomic E-state index is 12.7. The molecule has 1 saturated heterocycles. The van der Waals surface area contributed by atoms with Crippen LogP contribution in [0.15, 0.2) is 48.5 Å². The van der Waals surface area contributed by atoms with Crippen molar-refractivity contribution in [3.8, 4) is 5.75 Å². The molecule has 3 rings (SSSR count). The molecule has 0 bridgehead atoms. The van der Waals surface area contributed by atoms with Crippen LogP contribution in [0.4, 0.5) is 17.1 Å². The maximum absolute atomic E-state index is 12.7. The predicted molar refractivity (Wildman–Crippen MR) is 108 cm³/mol. The number of nitrogens with zero attached hydrogens (tertiary/aromatic N) is 2. The molecule has 8 nitrogen and oxygen atoms in total. The highest BCUT2D eigenvalue weighted by Gasteiger charge is 2.30. The molecule has 1 aliphatic heterocycles. The number of benzene rings is 2. The molecular formula is C20H24N4O4. The molecule has 8 heteroatoms. The first-order valence-corrected chi connectivity index (χ1v) is 9.17. The molecule has 2 N–H and O–H groups in total. The van der Waals surface area contributed by atoms with Crippen LogP contribution in [-0.4, -0.2) is 48.0 Å². The Morgan fingerprint density at radius 1 is 1.29 bits per heavy atom. The monoisotopic (exact) mass is 384 g/mol. The SMILES string of the molecule is COc1ccc(NC(=O)C(C)N2CCC(Nc3ccccc3)C2)c([N+](=O)[O-])c1. The number of nitrogens with one attached hydrogen (secondary N) is 2. The van der Waals surface area contributed by atoms with Crippen LogP contribution in [0.2, 0.25) is 0 Å². The second-order valence-corrected chi connectivity index (χ2v) is 6.80. The average molecular weight is 384 g/mol. The van der Waals surface area contributed by atoms with E-state index in [9.17, 15) is 14.9 Å². The Labute approximate surface area is 163 Å². The van der Waals surface area contributed by atoms with Gasteiger partial charge in [0, 0.05) is 24.8 Å². The molecule has 148 valence electrons. The minimum absolute atomic E-state index is 0.167. The topological polar surface area (TPSA) is 96.7 Å². The number of amides is 1. The Kier molecular flexibility index (Phi) is 6.10. The van der Waals surface area contributed by atoms with Crippen molar-refractivity contribution >= 4 is 23.0 Å². The van der Waals surface area contributed by atoms with Gasteiger partial charge < -0.3 is 15.4 Å². The van der Waals surface area contributed by atoms with Gasteiger partial charge in [-0.15, -0.1) is 0 Å². The van der Waals surface area contributed by atoms with Gasteiger partial charge in [-0.05, 0) is 37.6 Å². The minimum atomic E-state index is -0.529. The molecule has 0 saturated carbocycles. The van der Waals surface area contributed by atoms with Crippen molar-refractivity contribution in [2.24, 2.45) is 0 Å². The largest absolute Gasteiger partial charge is 0.496 e. The summed E-state index contributed by atoms with van der Waals surface area (Å²) >= 11 is 0.